The van der Waals surface area contributed by atoms with E-state index in [1.165, 1.54) is 0 Å². The molecule has 2 aromatic heterocycles. The number of morpholine rings is 1. The van der Waals surface area contributed by atoms with Gasteiger partial charge in [-0.15, -0.1) is 0 Å². The first kappa shape index (κ1) is 14.0. The second kappa shape index (κ2) is 6.69. The van der Waals surface area contributed by atoms with Gasteiger partial charge in [-0.2, -0.15) is 0 Å². The van der Waals surface area contributed by atoms with Crippen molar-refractivity contribution in [2.75, 3.05) is 25.1 Å². The number of hydrogen-bond donors (Lipinski definition) is 2. The molecule has 2 unspecified atom stereocenters. The number of rotatable bonds is 5. The number of nitrogens with one attached hydrogen (secondary N) is 2. The number of imidazole rings is 1. The summed E-state index contributed by atoms with van der Waals surface area (Å²) in [5.41, 5.74) is 1.03. The first-order valence-corrected chi connectivity index (χ1v) is 7.33. The third-order valence-electron chi connectivity index (χ3n) is 3.57. The van der Waals surface area contributed by atoms with E-state index < -0.39 is 0 Å². The van der Waals surface area contributed by atoms with Gasteiger partial charge >= 0.3 is 0 Å². The van der Waals surface area contributed by atoms with E-state index in [-0.39, 0.29) is 0 Å². The van der Waals surface area contributed by atoms with Crippen LogP contribution in [0.3, 0.4) is 0 Å². The fraction of sp³-hybridized carbons (Fsp3) is 0.467. The molecule has 1 saturated heterocycles. The number of aromatic nitrogens is 3. The Labute approximate surface area is 124 Å². The zero-order chi connectivity index (χ0) is 14.5. The van der Waals surface area contributed by atoms with Crippen LogP contribution in [-0.4, -0.2) is 46.4 Å². The maximum Gasteiger partial charge on any atom is 0.137 e. The maximum absolute atomic E-state index is 5.48. The van der Waals surface area contributed by atoms with Gasteiger partial charge in [-0.3, -0.25) is 4.57 Å². The molecule has 0 aromatic carbocycles. The lowest BCUT2D eigenvalue weighted by Gasteiger charge is -2.27. The van der Waals surface area contributed by atoms with Crippen molar-refractivity contribution in [2.45, 2.75) is 25.4 Å². The minimum Gasteiger partial charge on any atom is -0.381 e. The second-order valence-corrected chi connectivity index (χ2v) is 5.38. The number of hydrogen-bond acceptors (Lipinski definition) is 5. The smallest absolute Gasteiger partial charge is 0.137 e. The highest BCUT2D eigenvalue weighted by Crippen LogP contribution is 2.13. The van der Waals surface area contributed by atoms with E-state index >= 15 is 0 Å². The molecule has 6 nitrogen and oxygen atoms in total. The van der Waals surface area contributed by atoms with Gasteiger partial charge in [0.25, 0.3) is 0 Å². The lowest BCUT2D eigenvalue weighted by atomic mass is 10.1. The summed E-state index contributed by atoms with van der Waals surface area (Å²) in [6, 6.07) is 4.83. The van der Waals surface area contributed by atoms with Gasteiger partial charge in [-0.1, -0.05) is 0 Å². The third kappa shape index (κ3) is 3.80. The predicted octanol–water partition coefficient (Wildman–Crippen LogP) is 1.45. The molecular formula is C15H21N5O. The van der Waals surface area contributed by atoms with Gasteiger partial charge in [0.2, 0.25) is 0 Å². The highest BCUT2D eigenvalue weighted by Gasteiger charge is 2.16. The van der Waals surface area contributed by atoms with Crippen LogP contribution in [0, 0.1) is 0 Å². The van der Waals surface area contributed by atoms with Crippen molar-refractivity contribution >= 4 is 5.69 Å². The monoisotopic (exact) mass is 287 g/mol. The molecule has 112 valence electrons. The summed E-state index contributed by atoms with van der Waals surface area (Å²) in [6.07, 6.45) is 8.26. The molecule has 21 heavy (non-hydrogen) atoms. The molecule has 0 saturated carbocycles. The maximum atomic E-state index is 5.48. The van der Waals surface area contributed by atoms with Crippen LogP contribution in [0.2, 0.25) is 0 Å². The van der Waals surface area contributed by atoms with E-state index in [0.29, 0.717) is 12.1 Å². The highest BCUT2D eigenvalue weighted by molar-refractivity contribution is 5.44. The van der Waals surface area contributed by atoms with Crippen molar-refractivity contribution in [1.82, 2.24) is 19.9 Å². The predicted molar refractivity (Wildman–Crippen MR) is 81.7 cm³/mol. The van der Waals surface area contributed by atoms with Crippen molar-refractivity contribution in [3.05, 3.63) is 37.1 Å². The van der Waals surface area contributed by atoms with Crippen LogP contribution in [0.4, 0.5) is 5.69 Å². The zero-order valence-corrected chi connectivity index (χ0v) is 12.2. The Kier molecular flexibility index (Phi) is 4.47. The van der Waals surface area contributed by atoms with E-state index in [1.807, 2.05) is 29.1 Å². The molecule has 1 aliphatic rings. The Bertz CT molecular complexity index is 534. The molecule has 2 N–H and O–H groups in total. The molecule has 0 aliphatic carbocycles. The summed E-state index contributed by atoms with van der Waals surface area (Å²) < 4.78 is 7.36. The van der Waals surface area contributed by atoms with Gasteiger partial charge in [-0.25, -0.2) is 9.97 Å². The van der Waals surface area contributed by atoms with Crippen LogP contribution in [-0.2, 0) is 4.74 Å². The fourth-order valence-corrected chi connectivity index (χ4v) is 2.56. The van der Waals surface area contributed by atoms with E-state index in [9.17, 15) is 0 Å². The molecule has 0 bridgehead atoms. The molecule has 1 fully saturated rings. The number of pyridine rings is 1. The summed E-state index contributed by atoms with van der Waals surface area (Å²) >= 11 is 0. The van der Waals surface area contributed by atoms with Gasteiger partial charge in [-0.05, 0) is 25.5 Å². The Morgan fingerprint density at radius 1 is 1.52 bits per heavy atom. The van der Waals surface area contributed by atoms with E-state index in [2.05, 4.69) is 27.5 Å². The highest BCUT2D eigenvalue weighted by atomic mass is 16.5. The minimum absolute atomic E-state index is 0.366. The van der Waals surface area contributed by atoms with Gasteiger partial charge < -0.3 is 15.4 Å². The SMILES string of the molecule is CC(CC1COCCN1)Nc1ccc(-n2ccnc2)nc1. The topological polar surface area (TPSA) is 64.0 Å². The lowest BCUT2D eigenvalue weighted by Crippen LogP contribution is -2.43. The van der Waals surface area contributed by atoms with Crippen LogP contribution in [0.25, 0.3) is 5.82 Å². The summed E-state index contributed by atoms with van der Waals surface area (Å²) in [7, 11) is 0. The number of nitrogens with zero attached hydrogens (tertiary/aromatic N) is 3. The van der Waals surface area contributed by atoms with Crippen LogP contribution < -0.4 is 10.6 Å². The Morgan fingerprint density at radius 2 is 2.48 bits per heavy atom. The van der Waals surface area contributed by atoms with Crippen LogP contribution in [0.5, 0.6) is 0 Å². The standard InChI is InChI=1S/C15H21N5O/c1-12(8-14-10-21-7-5-17-14)19-13-2-3-15(18-9-13)20-6-4-16-11-20/h2-4,6,9,11-12,14,17,19H,5,7-8,10H2,1H3. The normalized spacial score (nSPS) is 20.1. The van der Waals surface area contributed by atoms with Gasteiger partial charge in [0.1, 0.15) is 12.1 Å². The van der Waals surface area contributed by atoms with Crippen LogP contribution in [0.1, 0.15) is 13.3 Å². The van der Waals surface area contributed by atoms with E-state index in [4.69, 9.17) is 4.74 Å². The first-order chi connectivity index (χ1) is 10.3. The quantitative estimate of drug-likeness (QED) is 0.871. The average molecular weight is 287 g/mol. The average Bonchev–Trinajstić information content (AvgIpc) is 3.03. The molecular weight excluding hydrogens is 266 g/mol. The Balaban J connectivity index is 1.54. The Morgan fingerprint density at radius 3 is 3.14 bits per heavy atom. The summed E-state index contributed by atoms with van der Waals surface area (Å²) in [5, 5.41) is 6.95. The third-order valence-corrected chi connectivity index (χ3v) is 3.57. The fourth-order valence-electron chi connectivity index (χ4n) is 2.56. The molecule has 0 radical (unpaired) electrons. The van der Waals surface area contributed by atoms with Gasteiger partial charge in [0.05, 0.1) is 25.1 Å². The van der Waals surface area contributed by atoms with Crippen LogP contribution in [0.15, 0.2) is 37.1 Å². The summed E-state index contributed by atoms with van der Waals surface area (Å²) in [6.45, 7) is 4.74. The van der Waals surface area contributed by atoms with Gasteiger partial charge in [0.15, 0.2) is 0 Å². The molecule has 3 heterocycles. The second-order valence-electron chi connectivity index (χ2n) is 5.38. The molecule has 3 rings (SSSR count). The largest absolute Gasteiger partial charge is 0.381 e. The van der Waals surface area contributed by atoms with Crippen molar-refractivity contribution in [2.24, 2.45) is 0 Å². The van der Waals surface area contributed by atoms with Crippen molar-refractivity contribution in [1.29, 1.82) is 0 Å². The van der Waals surface area contributed by atoms with Crippen molar-refractivity contribution in [3.8, 4) is 5.82 Å². The number of ether oxygens (including phenoxy) is 1. The summed E-state index contributed by atoms with van der Waals surface area (Å²) in [4.78, 5) is 8.46. The van der Waals surface area contributed by atoms with Crippen molar-refractivity contribution < 1.29 is 4.74 Å². The van der Waals surface area contributed by atoms with E-state index in [0.717, 1.165) is 37.7 Å². The van der Waals surface area contributed by atoms with Crippen LogP contribution >= 0.6 is 0 Å². The molecule has 2 atom stereocenters. The first-order valence-electron chi connectivity index (χ1n) is 7.33. The molecule has 2 aromatic rings. The molecule has 0 spiro atoms. The van der Waals surface area contributed by atoms with Gasteiger partial charge in [0, 0.05) is 31.0 Å². The molecule has 0 amide bonds. The van der Waals surface area contributed by atoms with Crippen molar-refractivity contribution in [3.63, 3.8) is 0 Å². The number of anilines is 1. The summed E-state index contributed by atoms with van der Waals surface area (Å²) in [5.74, 6) is 0.869. The molecule has 1 aliphatic heterocycles. The lowest BCUT2D eigenvalue weighted by molar-refractivity contribution is 0.0731. The minimum atomic E-state index is 0.366. The Hall–Kier alpha value is -1.92. The van der Waals surface area contributed by atoms with E-state index in [1.54, 1.807) is 12.5 Å². The molecule has 6 heteroatoms. The zero-order valence-electron chi connectivity index (χ0n) is 12.2.